The molecular formula is C15H25NO. The van der Waals surface area contributed by atoms with Crippen molar-refractivity contribution < 1.29 is 4.74 Å². The normalized spacial score (nSPS) is 12.8. The highest BCUT2D eigenvalue weighted by molar-refractivity contribution is 5.35. The number of ether oxygens (including phenoxy) is 1. The minimum Gasteiger partial charge on any atom is -0.493 e. The molecule has 0 saturated carbocycles. The molecule has 0 aliphatic heterocycles. The monoisotopic (exact) mass is 235 g/mol. The maximum absolute atomic E-state index is 5.89. The Morgan fingerprint density at radius 3 is 2.53 bits per heavy atom. The van der Waals surface area contributed by atoms with E-state index in [-0.39, 0.29) is 0 Å². The molecule has 0 amide bonds. The number of benzene rings is 1. The molecule has 2 heteroatoms. The van der Waals surface area contributed by atoms with Crippen LogP contribution in [0.25, 0.3) is 0 Å². The highest BCUT2D eigenvalue weighted by atomic mass is 16.5. The van der Waals surface area contributed by atoms with Crippen LogP contribution in [0.3, 0.4) is 0 Å². The van der Waals surface area contributed by atoms with Crippen molar-refractivity contribution in [3.8, 4) is 5.75 Å². The second-order valence-corrected chi connectivity index (χ2v) is 4.82. The zero-order valence-corrected chi connectivity index (χ0v) is 11.5. The largest absolute Gasteiger partial charge is 0.493 e. The molecule has 0 aromatic heterocycles. The first-order valence-electron chi connectivity index (χ1n) is 6.58. The van der Waals surface area contributed by atoms with Gasteiger partial charge in [0.05, 0.1) is 6.61 Å². The molecule has 0 heterocycles. The summed E-state index contributed by atoms with van der Waals surface area (Å²) in [6.07, 6.45) is 2.17. The van der Waals surface area contributed by atoms with Crippen LogP contribution in [0, 0.1) is 5.92 Å². The number of hydrogen-bond acceptors (Lipinski definition) is 2. The van der Waals surface area contributed by atoms with Crippen LogP contribution in [-0.2, 0) is 0 Å². The van der Waals surface area contributed by atoms with Crippen LogP contribution in [0.5, 0.6) is 5.75 Å². The highest BCUT2D eigenvalue weighted by Gasteiger charge is 2.11. The third-order valence-corrected chi connectivity index (χ3v) is 3.00. The van der Waals surface area contributed by atoms with Gasteiger partial charge in [-0.05, 0) is 31.9 Å². The summed E-state index contributed by atoms with van der Waals surface area (Å²) in [5.74, 6) is 1.71. The summed E-state index contributed by atoms with van der Waals surface area (Å²) in [6, 6.07) is 8.71. The van der Waals surface area contributed by atoms with E-state index in [0.29, 0.717) is 12.0 Å². The van der Waals surface area contributed by atoms with E-state index in [1.807, 2.05) is 13.1 Å². The molecule has 1 unspecified atom stereocenters. The lowest BCUT2D eigenvalue weighted by Gasteiger charge is -2.19. The Kier molecular flexibility index (Phi) is 6.06. The van der Waals surface area contributed by atoms with Crippen molar-refractivity contribution in [2.45, 2.75) is 39.7 Å². The SMILES string of the molecule is CCC(NC)c1ccccc1OCCC(C)C. The van der Waals surface area contributed by atoms with Crippen LogP contribution in [0.15, 0.2) is 24.3 Å². The van der Waals surface area contributed by atoms with Crippen LogP contribution in [0.1, 0.15) is 45.2 Å². The molecule has 0 saturated heterocycles. The molecule has 1 aromatic rings. The van der Waals surface area contributed by atoms with Crippen molar-refractivity contribution in [2.24, 2.45) is 5.92 Å². The minimum atomic E-state index is 0.380. The molecule has 1 atom stereocenters. The summed E-state index contributed by atoms with van der Waals surface area (Å²) < 4.78 is 5.89. The zero-order chi connectivity index (χ0) is 12.7. The van der Waals surface area contributed by atoms with E-state index in [2.05, 4.69) is 44.3 Å². The third-order valence-electron chi connectivity index (χ3n) is 3.00. The molecule has 2 nitrogen and oxygen atoms in total. The van der Waals surface area contributed by atoms with Crippen molar-refractivity contribution in [3.05, 3.63) is 29.8 Å². The quantitative estimate of drug-likeness (QED) is 0.776. The summed E-state index contributed by atoms with van der Waals surface area (Å²) in [5.41, 5.74) is 1.27. The van der Waals surface area contributed by atoms with Gasteiger partial charge in [-0.3, -0.25) is 0 Å². The molecule has 0 aliphatic rings. The smallest absolute Gasteiger partial charge is 0.124 e. The van der Waals surface area contributed by atoms with Crippen LogP contribution in [0.2, 0.25) is 0 Å². The minimum absolute atomic E-state index is 0.380. The van der Waals surface area contributed by atoms with Gasteiger partial charge in [-0.25, -0.2) is 0 Å². The molecule has 0 radical (unpaired) electrons. The van der Waals surface area contributed by atoms with Gasteiger partial charge in [0, 0.05) is 11.6 Å². The number of nitrogens with one attached hydrogen (secondary N) is 1. The van der Waals surface area contributed by atoms with Gasteiger partial charge < -0.3 is 10.1 Å². The van der Waals surface area contributed by atoms with Crippen LogP contribution >= 0.6 is 0 Å². The molecule has 1 rings (SSSR count). The Hall–Kier alpha value is -1.02. The van der Waals surface area contributed by atoms with Gasteiger partial charge in [-0.2, -0.15) is 0 Å². The summed E-state index contributed by atoms with van der Waals surface area (Å²) in [5, 5.41) is 3.33. The molecule has 1 N–H and O–H groups in total. The van der Waals surface area contributed by atoms with Crippen LogP contribution in [0.4, 0.5) is 0 Å². The second kappa shape index (κ2) is 7.33. The maximum atomic E-state index is 5.89. The zero-order valence-electron chi connectivity index (χ0n) is 11.5. The first-order valence-corrected chi connectivity index (χ1v) is 6.58. The Labute approximate surface area is 105 Å². The molecule has 0 fully saturated rings. The standard InChI is InChI=1S/C15H25NO/c1-5-14(16-4)13-8-6-7-9-15(13)17-11-10-12(2)3/h6-9,12,14,16H,5,10-11H2,1-4H3. The van der Waals surface area contributed by atoms with E-state index < -0.39 is 0 Å². The Bertz CT molecular complexity index is 318. The Morgan fingerprint density at radius 1 is 1.24 bits per heavy atom. The average molecular weight is 235 g/mol. The summed E-state index contributed by atoms with van der Waals surface area (Å²) >= 11 is 0. The fourth-order valence-electron chi connectivity index (χ4n) is 1.88. The Morgan fingerprint density at radius 2 is 1.94 bits per heavy atom. The maximum Gasteiger partial charge on any atom is 0.124 e. The van der Waals surface area contributed by atoms with Crippen molar-refractivity contribution in [1.29, 1.82) is 0 Å². The lowest BCUT2D eigenvalue weighted by Crippen LogP contribution is -2.16. The van der Waals surface area contributed by atoms with Gasteiger partial charge in [0.1, 0.15) is 5.75 Å². The fraction of sp³-hybridized carbons (Fsp3) is 0.600. The molecule has 1 aromatic carbocycles. The first-order chi connectivity index (χ1) is 8.19. The summed E-state index contributed by atoms with van der Waals surface area (Å²) in [4.78, 5) is 0. The predicted octanol–water partition coefficient (Wildman–Crippen LogP) is 3.78. The Balaban J connectivity index is 2.70. The molecule has 96 valence electrons. The lowest BCUT2D eigenvalue weighted by molar-refractivity contribution is 0.284. The van der Waals surface area contributed by atoms with Gasteiger partial charge in [-0.15, -0.1) is 0 Å². The van der Waals surface area contributed by atoms with E-state index in [1.165, 1.54) is 5.56 Å². The van der Waals surface area contributed by atoms with E-state index in [1.54, 1.807) is 0 Å². The third kappa shape index (κ3) is 4.39. The summed E-state index contributed by atoms with van der Waals surface area (Å²) in [7, 11) is 2.00. The first kappa shape index (κ1) is 14.0. The van der Waals surface area contributed by atoms with Gasteiger partial charge in [0.25, 0.3) is 0 Å². The molecule has 17 heavy (non-hydrogen) atoms. The highest BCUT2D eigenvalue weighted by Crippen LogP contribution is 2.27. The van der Waals surface area contributed by atoms with Crippen molar-refractivity contribution in [3.63, 3.8) is 0 Å². The van der Waals surface area contributed by atoms with E-state index >= 15 is 0 Å². The fourth-order valence-corrected chi connectivity index (χ4v) is 1.88. The van der Waals surface area contributed by atoms with Crippen LogP contribution in [-0.4, -0.2) is 13.7 Å². The lowest BCUT2D eigenvalue weighted by atomic mass is 10.0. The van der Waals surface area contributed by atoms with Crippen molar-refractivity contribution >= 4 is 0 Å². The number of para-hydroxylation sites is 1. The van der Waals surface area contributed by atoms with Crippen LogP contribution < -0.4 is 10.1 Å². The molecule has 0 spiro atoms. The summed E-state index contributed by atoms with van der Waals surface area (Å²) in [6.45, 7) is 7.43. The van der Waals surface area contributed by atoms with Crippen molar-refractivity contribution in [1.82, 2.24) is 5.32 Å². The molecule has 0 aliphatic carbocycles. The topological polar surface area (TPSA) is 21.3 Å². The molecular weight excluding hydrogens is 210 g/mol. The van der Waals surface area contributed by atoms with Gasteiger partial charge in [0.15, 0.2) is 0 Å². The molecule has 0 bridgehead atoms. The van der Waals surface area contributed by atoms with Gasteiger partial charge in [0.2, 0.25) is 0 Å². The predicted molar refractivity (Wildman–Crippen MR) is 73.5 cm³/mol. The van der Waals surface area contributed by atoms with E-state index in [0.717, 1.165) is 25.2 Å². The number of rotatable bonds is 7. The van der Waals surface area contributed by atoms with Gasteiger partial charge >= 0.3 is 0 Å². The van der Waals surface area contributed by atoms with Crippen molar-refractivity contribution in [2.75, 3.05) is 13.7 Å². The average Bonchev–Trinajstić information content (AvgIpc) is 2.32. The van der Waals surface area contributed by atoms with E-state index in [4.69, 9.17) is 4.74 Å². The van der Waals surface area contributed by atoms with Gasteiger partial charge in [-0.1, -0.05) is 39.0 Å². The second-order valence-electron chi connectivity index (χ2n) is 4.82. The van der Waals surface area contributed by atoms with E-state index in [9.17, 15) is 0 Å². The number of hydrogen-bond donors (Lipinski definition) is 1.